The summed E-state index contributed by atoms with van der Waals surface area (Å²) in [6.07, 6.45) is 6.67. The van der Waals surface area contributed by atoms with Crippen LogP contribution in [-0.4, -0.2) is 75.1 Å². The van der Waals surface area contributed by atoms with E-state index in [2.05, 4.69) is 32.7 Å². The van der Waals surface area contributed by atoms with Gasteiger partial charge in [-0.25, -0.2) is 0 Å². The maximum atomic E-state index is 12.8. The number of nitrogens with one attached hydrogen (secondary N) is 2. The number of guanidine groups is 1. The largest absolute Gasteiger partial charge is 0.357 e. The van der Waals surface area contributed by atoms with Crippen molar-refractivity contribution < 1.29 is 4.79 Å². The molecule has 0 bridgehead atoms. The smallest absolute Gasteiger partial charge is 0.225 e. The van der Waals surface area contributed by atoms with Crippen LogP contribution >= 0.6 is 35.7 Å². The van der Waals surface area contributed by atoms with Crippen molar-refractivity contribution in [3.05, 3.63) is 30.2 Å². The third-order valence-electron chi connectivity index (χ3n) is 6.07. The second kappa shape index (κ2) is 12.6. The van der Waals surface area contributed by atoms with Gasteiger partial charge in [-0.1, -0.05) is 6.07 Å². The Morgan fingerprint density at radius 2 is 1.97 bits per heavy atom. The summed E-state index contributed by atoms with van der Waals surface area (Å²) in [5.41, 5.74) is 0.862. The predicted molar refractivity (Wildman–Crippen MR) is 141 cm³/mol. The van der Waals surface area contributed by atoms with Gasteiger partial charge in [0, 0.05) is 62.3 Å². The second-order valence-electron chi connectivity index (χ2n) is 8.19. The molecule has 1 saturated carbocycles. The highest BCUT2D eigenvalue weighted by atomic mass is 127. The predicted octanol–water partition coefficient (Wildman–Crippen LogP) is 2.58. The fourth-order valence-electron chi connectivity index (χ4n) is 4.37. The van der Waals surface area contributed by atoms with Crippen LogP contribution in [0.3, 0.4) is 0 Å². The zero-order valence-corrected chi connectivity index (χ0v) is 21.8. The maximum absolute atomic E-state index is 12.8. The van der Waals surface area contributed by atoms with Crippen LogP contribution in [-0.2, 0) is 11.2 Å². The van der Waals surface area contributed by atoms with E-state index < -0.39 is 0 Å². The molecule has 0 atom stereocenters. The third-order valence-corrected chi connectivity index (χ3v) is 7.02. The molecule has 0 aromatic carbocycles. The molecule has 2 aromatic rings. The van der Waals surface area contributed by atoms with E-state index in [1.54, 1.807) is 0 Å². The Balaban J connectivity index is 0.00000289. The average Bonchev–Trinajstić information content (AvgIpc) is 3.23. The van der Waals surface area contributed by atoms with Crippen molar-refractivity contribution in [3.8, 4) is 0 Å². The van der Waals surface area contributed by atoms with Gasteiger partial charge in [0.1, 0.15) is 5.82 Å². The Kier molecular flexibility index (Phi) is 9.89. The van der Waals surface area contributed by atoms with E-state index >= 15 is 0 Å². The van der Waals surface area contributed by atoms with Gasteiger partial charge in [-0.05, 0) is 44.7 Å². The van der Waals surface area contributed by atoms with Crippen molar-refractivity contribution in [1.29, 1.82) is 0 Å². The number of hydrogen-bond acceptors (Lipinski definition) is 5. The second-order valence-corrected chi connectivity index (χ2v) is 9.41. The van der Waals surface area contributed by atoms with E-state index in [-0.39, 0.29) is 29.9 Å². The minimum Gasteiger partial charge on any atom is -0.357 e. The Hall–Kier alpha value is -1.56. The number of thioether (sulfide) groups is 1. The molecule has 0 spiro atoms. The van der Waals surface area contributed by atoms with Gasteiger partial charge in [-0.3, -0.25) is 14.2 Å². The molecule has 0 unspecified atom stereocenters. The molecule has 8 nitrogen and oxygen atoms in total. The van der Waals surface area contributed by atoms with Crippen LogP contribution in [0.5, 0.6) is 0 Å². The van der Waals surface area contributed by atoms with Crippen molar-refractivity contribution >= 4 is 53.3 Å². The van der Waals surface area contributed by atoms with Crippen molar-refractivity contribution in [2.24, 2.45) is 10.9 Å². The van der Waals surface area contributed by atoms with E-state index in [4.69, 9.17) is 4.99 Å². The molecule has 2 N–H and O–H groups in total. The van der Waals surface area contributed by atoms with E-state index in [1.165, 1.54) is 0 Å². The number of pyridine rings is 1. The van der Waals surface area contributed by atoms with Crippen molar-refractivity contribution in [3.63, 3.8) is 0 Å². The maximum Gasteiger partial charge on any atom is 0.225 e. The first-order chi connectivity index (χ1) is 15.2. The highest BCUT2D eigenvalue weighted by Crippen LogP contribution is 2.27. The molecule has 2 aliphatic rings. The van der Waals surface area contributed by atoms with E-state index in [0.29, 0.717) is 18.5 Å². The van der Waals surface area contributed by atoms with E-state index in [9.17, 15) is 4.79 Å². The lowest BCUT2D eigenvalue weighted by molar-refractivity contribution is -0.136. The number of hydrogen-bond donors (Lipinski definition) is 2. The van der Waals surface area contributed by atoms with Crippen LogP contribution in [0.15, 0.2) is 29.4 Å². The van der Waals surface area contributed by atoms with Gasteiger partial charge >= 0.3 is 0 Å². The van der Waals surface area contributed by atoms with Gasteiger partial charge in [0.25, 0.3) is 0 Å². The molecule has 1 saturated heterocycles. The highest BCUT2D eigenvalue weighted by molar-refractivity contribution is 14.0. The topological polar surface area (TPSA) is 86.9 Å². The minimum atomic E-state index is 0. The number of carbonyl (C=O) groups excluding carboxylic acids is 1. The Bertz CT molecular complexity index is 891. The first kappa shape index (κ1) is 25.1. The average molecular weight is 572 g/mol. The monoisotopic (exact) mass is 571 g/mol. The van der Waals surface area contributed by atoms with Gasteiger partial charge < -0.3 is 15.5 Å². The lowest BCUT2D eigenvalue weighted by Gasteiger charge is -2.34. The molecule has 10 heteroatoms. The fourth-order valence-corrected chi connectivity index (χ4v) is 5.27. The summed E-state index contributed by atoms with van der Waals surface area (Å²) in [7, 11) is 0. The summed E-state index contributed by atoms with van der Waals surface area (Å²) in [6, 6.07) is 6.27. The molecule has 1 aliphatic heterocycles. The summed E-state index contributed by atoms with van der Waals surface area (Å²) in [6.45, 7) is 5.38. The molecule has 3 heterocycles. The van der Waals surface area contributed by atoms with Gasteiger partial charge in [0.2, 0.25) is 5.91 Å². The normalized spacial score (nSPS) is 21.8. The summed E-state index contributed by atoms with van der Waals surface area (Å²) in [4.78, 5) is 19.6. The number of halogens is 1. The minimum absolute atomic E-state index is 0. The Morgan fingerprint density at radius 1 is 1.19 bits per heavy atom. The van der Waals surface area contributed by atoms with Crippen LogP contribution in [0.1, 0.15) is 38.4 Å². The quantitative estimate of drug-likeness (QED) is 0.315. The molecule has 2 aromatic heterocycles. The summed E-state index contributed by atoms with van der Waals surface area (Å²) in [5.74, 6) is 4.50. The SMILES string of the molecule is CCNC(=NCCc1nnc2ccccn12)NC1CCC(C(=O)N2CCSCC2)CC1.I. The van der Waals surface area contributed by atoms with Crippen LogP contribution in [0.25, 0.3) is 5.65 Å². The van der Waals surface area contributed by atoms with Gasteiger partial charge in [-0.2, -0.15) is 11.8 Å². The molecule has 4 rings (SSSR count). The molecular formula is C22H34IN7OS. The zero-order chi connectivity index (χ0) is 21.5. The highest BCUT2D eigenvalue weighted by Gasteiger charge is 2.30. The third kappa shape index (κ3) is 6.49. The lowest BCUT2D eigenvalue weighted by atomic mass is 9.85. The van der Waals surface area contributed by atoms with Crippen LogP contribution < -0.4 is 10.6 Å². The number of amides is 1. The molecule has 2 fully saturated rings. The lowest BCUT2D eigenvalue weighted by Crippen LogP contribution is -2.47. The summed E-state index contributed by atoms with van der Waals surface area (Å²) >= 11 is 1.95. The number of nitrogens with zero attached hydrogens (tertiary/aromatic N) is 5. The van der Waals surface area contributed by atoms with Crippen LogP contribution in [0.2, 0.25) is 0 Å². The van der Waals surface area contributed by atoms with Gasteiger partial charge in [-0.15, -0.1) is 34.2 Å². The summed E-state index contributed by atoms with van der Waals surface area (Å²) < 4.78 is 2.01. The first-order valence-electron chi connectivity index (χ1n) is 11.4. The zero-order valence-electron chi connectivity index (χ0n) is 18.7. The molecule has 1 aliphatic carbocycles. The first-order valence-corrected chi connectivity index (χ1v) is 12.6. The molecule has 0 radical (unpaired) electrons. The number of fused-ring (bicyclic) bond motifs is 1. The Morgan fingerprint density at radius 3 is 2.72 bits per heavy atom. The van der Waals surface area contributed by atoms with Crippen molar-refractivity contribution in [2.45, 2.75) is 45.1 Å². The summed E-state index contributed by atoms with van der Waals surface area (Å²) in [5, 5.41) is 15.4. The van der Waals surface area contributed by atoms with E-state index in [0.717, 1.165) is 80.7 Å². The van der Waals surface area contributed by atoms with Gasteiger partial charge in [0.05, 0.1) is 0 Å². The fraction of sp³-hybridized carbons (Fsp3) is 0.636. The number of carbonyl (C=O) groups is 1. The Labute approximate surface area is 211 Å². The standard InChI is InChI=1S/C22H33N7OS.HI/c1-2-23-22(24-11-10-20-27-26-19-5-3-4-12-29(19)20)25-18-8-6-17(7-9-18)21(30)28-13-15-31-16-14-28;/h3-5,12,17-18H,2,6-11,13-16H2,1H3,(H2,23,24,25);1H. The van der Waals surface area contributed by atoms with Crippen LogP contribution in [0.4, 0.5) is 0 Å². The van der Waals surface area contributed by atoms with Gasteiger partial charge in [0.15, 0.2) is 11.6 Å². The number of aliphatic imine (C=N–C) groups is 1. The van der Waals surface area contributed by atoms with Crippen LogP contribution in [0, 0.1) is 5.92 Å². The molecule has 32 heavy (non-hydrogen) atoms. The molecule has 176 valence electrons. The molecular weight excluding hydrogens is 537 g/mol. The van der Waals surface area contributed by atoms with E-state index in [1.807, 2.05) is 40.6 Å². The number of aromatic nitrogens is 3. The van der Waals surface area contributed by atoms with Crippen molar-refractivity contribution in [1.82, 2.24) is 30.1 Å². The number of rotatable bonds is 6. The molecule has 1 amide bonds. The van der Waals surface area contributed by atoms with Crippen molar-refractivity contribution in [2.75, 3.05) is 37.7 Å².